The van der Waals surface area contributed by atoms with Gasteiger partial charge >= 0.3 is 12.1 Å². The summed E-state index contributed by atoms with van der Waals surface area (Å²) in [6.07, 6.45) is -3.37. The highest BCUT2D eigenvalue weighted by Crippen LogP contribution is 2.44. The van der Waals surface area contributed by atoms with Gasteiger partial charge in [0, 0.05) is 12.0 Å². The van der Waals surface area contributed by atoms with E-state index in [1.54, 1.807) is 0 Å². The second-order valence-corrected chi connectivity index (χ2v) is 5.51. The van der Waals surface area contributed by atoms with Gasteiger partial charge in [-0.05, 0) is 39.5 Å². The molecule has 0 aromatic rings. The summed E-state index contributed by atoms with van der Waals surface area (Å²) in [5.74, 6) is -0.708. The Hall–Kier alpha value is -1.04. The Morgan fingerprint density at radius 2 is 1.84 bits per heavy atom. The molecular formula is C13H19F3O3. The molecule has 1 rings (SSSR count). The summed E-state index contributed by atoms with van der Waals surface area (Å²) in [5.41, 5.74) is -3.97. The van der Waals surface area contributed by atoms with E-state index in [4.69, 9.17) is 4.74 Å². The molecule has 0 radical (unpaired) electrons. The number of carbonyl (C=O) groups is 1. The third kappa shape index (κ3) is 3.72. The number of alkyl halides is 3. The van der Waals surface area contributed by atoms with Crippen molar-refractivity contribution in [2.24, 2.45) is 0 Å². The average Bonchev–Trinajstić information content (AvgIpc) is 2.63. The highest BCUT2D eigenvalue weighted by atomic mass is 19.4. The summed E-state index contributed by atoms with van der Waals surface area (Å²) in [6, 6.07) is 0. The second kappa shape index (κ2) is 5.15. The lowest BCUT2D eigenvalue weighted by molar-refractivity contribution is -0.268. The topological polar surface area (TPSA) is 46.5 Å². The van der Waals surface area contributed by atoms with E-state index in [0.29, 0.717) is 32.6 Å². The van der Waals surface area contributed by atoms with Crippen LogP contribution >= 0.6 is 0 Å². The molecule has 0 spiro atoms. The van der Waals surface area contributed by atoms with Crippen LogP contribution in [0, 0.1) is 0 Å². The van der Waals surface area contributed by atoms with Crippen molar-refractivity contribution < 1.29 is 27.8 Å². The van der Waals surface area contributed by atoms with Crippen molar-refractivity contribution >= 4 is 5.97 Å². The summed E-state index contributed by atoms with van der Waals surface area (Å²) in [5, 5.41) is 9.59. The summed E-state index contributed by atoms with van der Waals surface area (Å²) in [7, 11) is 0. The summed E-state index contributed by atoms with van der Waals surface area (Å²) < 4.78 is 43.4. The van der Waals surface area contributed by atoms with Crippen LogP contribution < -0.4 is 0 Å². The standard InChI is InChI=1S/C13H19F3O3/c1-9(2)10(17)19-12(6-4-5-7-12)8-11(3,18)13(14,15)16/h18H,1,4-8H2,2-3H3. The third-order valence-corrected chi connectivity index (χ3v) is 3.45. The number of halogens is 3. The molecule has 0 heterocycles. The van der Waals surface area contributed by atoms with Crippen molar-refractivity contribution in [1.29, 1.82) is 0 Å². The zero-order chi connectivity index (χ0) is 14.9. The van der Waals surface area contributed by atoms with Gasteiger partial charge in [-0.25, -0.2) is 4.79 Å². The molecule has 0 aromatic carbocycles. The number of hydrogen-bond donors (Lipinski definition) is 1. The van der Waals surface area contributed by atoms with E-state index < -0.39 is 29.8 Å². The Morgan fingerprint density at radius 1 is 1.37 bits per heavy atom. The van der Waals surface area contributed by atoms with E-state index >= 15 is 0 Å². The van der Waals surface area contributed by atoms with Gasteiger partial charge in [0.2, 0.25) is 0 Å². The molecule has 1 fully saturated rings. The number of carbonyl (C=O) groups excluding carboxylic acids is 1. The van der Waals surface area contributed by atoms with Crippen LogP contribution in [-0.4, -0.2) is 28.5 Å². The van der Waals surface area contributed by atoms with Crippen molar-refractivity contribution in [3.8, 4) is 0 Å². The smallest absolute Gasteiger partial charge is 0.417 e. The van der Waals surface area contributed by atoms with Crippen LogP contribution in [0.2, 0.25) is 0 Å². The molecule has 0 bridgehead atoms. The van der Waals surface area contributed by atoms with Crippen molar-refractivity contribution in [1.82, 2.24) is 0 Å². The average molecular weight is 280 g/mol. The van der Waals surface area contributed by atoms with Gasteiger partial charge < -0.3 is 9.84 Å². The molecule has 1 atom stereocenters. The molecule has 1 N–H and O–H groups in total. The van der Waals surface area contributed by atoms with E-state index in [0.717, 1.165) is 0 Å². The first-order valence-corrected chi connectivity index (χ1v) is 6.17. The zero-order valence-electron chi connectivity index (χ0n) is 11.1. The molecule has 110 valence electrons. The first-order valence-electron chi connectivity index (χ1n) is 6.17. The highest BCUT2D eigenvalue weighted by Gasteiger charge is 2.55. The van der Waals surface area contributed by atoms with E-state index in [9.17, 15) is 23.1 Å². The Morgan fingerprint density at radius 3 is 2.21 bits per heavy atom. The Bertz CT molecular complexity index is 366. The fourth-order valence-electron chi connectivity index (χ4n) is 2.35. The Labute approximate surface area is 110 Å². The van der Waals surface area contributed by atoms with Crippen LogP contribution in [0.3, 0.4) is 0 Å². The molecule has 3 nitrogen and oxygen atoms in total. The van der Waals surface area contributed by atoms with Crippen LogP contribution in [0.4, 0.5) is 13.2 Å². The molecule has 0 amide bonds. The maximum Gasteiger partial charge on any atom is 0.417 e. The summed E-state index contributed by atoms with van der Waals surface area (Å²) in [4.78, 5) is 11.6. The minimum atomic E-state index is -4.75. The largest absolute Gasteiger partial charge is 0.456 e. The first kappa shape index (κ1) is 16.0. The molecule has 1 aliphatic carbocycles. The fourth-order valence-corrected chi connectivity index (χ4v) is 2.35. The molecule has 0 saturated heterocycles. The second-order valence-electron chi connectivity index (χ2n) is 5.51. The van der Waals surface area contributed by atoms with Gasteiger partial charge in [-0.15, -0.1) is 0 Å². The number of esters is 1. The first-order chi connectivity index (χ1) is 8.49. The summed E-state index contributed by atoms with van der Waals surface area (Å²) >= 11 is 0. The minimum absolute atomic E-state index is 0.137. The van der Waals surface area contributed by atoms with Gasteiger partial charge in [-0.2, -0.15) is 13.2 Å². The quantitative estimate of drug-likeness (QED) is 0.635. The molecule has 0 aromatic heterocycles. The molecule has 0 aliphatic heterocycles. The zero-order valence-corrected chi connectivity index (χ0v) is 11.1. The lowest BCUT2D eigenvalue weighted by atomic mass is 9.86. The fraction of sp³-hybridized carbons (Fsp3) is 0.769. The monoisotopic (exact) mass is 280 g/mol. The van der Waals surface area contributed by atoms with Gasteiger partial charge in [-0.1, -0.05) is 6.58 Å². The SMILES string of the molecule is C=C(C)C(=O)OC1(CC(C)(O)C(F)(F)F)CCCC1. The van der Waals surface area contributed by atoms with Crippen LogP contribution in [0.5, 0.6) is 0 Å². The highest BCUT2D eigenvalue weighted by molar-refractivity contribution is 5.87. The van der Waals surface area contributed by atoms with Crippen LogP contribution in [0.15, 0.2) is 12.2 Å². The summed E-state index contributed by atoms with van der Waals surface area (Å²) in [6.45, 7) is 5.56. The Kier molecular flexibility index (Phi) is 4.34. The van der Waals surface area contributed by atoms with Crippen molar-refractivity contribution in [2.45, 2.75) is 63.3 Å². The van der Waals surface area contributed by atoms with Crippen LogP contribution in [0.25, 0.3) is 0 Å². The Balaban J connectivity index is 2.89. The predicted molar refractivity (Wildman–Crippen MR) is 63.4 cm³/mol. The lowest BCUT2D eigenvalue weighted by Crippen LogP contribution is -2.49. The molecule has 1 saturated carbocycles. The van der Waals surface area contributed by atoms with Crippen LogP contribution in [0.1, 0.15) is 46.0 Å². The molecule has 1 unspecified atom stereocenters. The number of rotatable bonds is 4. The molecular weight excluding hydrogens is 261 g/mol. The normalized spacial score (nSPS) is 21.8. The van der Waals surface area contributed by atoms with E-state index in [-0.39, 0.29) is 5.57 Å². The van der Waals surface area contributed by atoms with Crippen molar-refractivity contribution in [3.05, 3.63) is 12.2 Å². The van der Waals surface area contributed by atoms with E-state index in [2.05, 4.69) is 6.58 Å². The van der Waals surface area contributed by atoms with Gasteiger partial charge in [-0.3, -0.25) is 0 Å². The van der Waals surface area contributed by atoms with Crippen molar-refractivity contribution in [3.63, 3.8) is 0 Å². The van der Waals surface area contributed by atoms with Gasteiger partial charge in [0.05, 0.1) is 0 Å². The maximum absolute atomic E-state index is 12.7. The number of ether oxygens (including phenoxy) is 1. The van der Waals surface area contributed by atoms with Gasteiger partial charge in [0.1, 0.15) is 5.60 Å². The molecule has 1 aliphatic rings. The number of aliphatic hydroxyl groups is 1. The van der Waals surface area contributed by atoms with Gasteiger partial charge in [0.15, 0.2) is 5.60 Å². The number of hydrogen-bond acceptors (Lipinski definition) is 3. The lowest BCUT2D eigenvalue weighted by Gasteiger charge is -2.37. The van der Waals surface area contributed by atoms with E-state index in [1.165, 1.54) is 6.92 Å². The molecule has 6 heteroatoms. The minimum Gasteiger partial charge on any atom is -0.456 e. The molecule has 19 heavy (non-hydrogen) atoms. The maximum atomic E-state index is 12.7. The third-order valence-electron chi connectivity index (χ3n) is 3.45. The van der Waals surface area contributed by atoms with E-state index in [1.807, 2.05) is 0 Å². The van der Waals surface area contributed by atoms with Gasteiger partial charge in [0.25, 0.3) is 0 Å². The van der Waals surface area contributed by atoms with Crippen LogP contribution in [-0.2, 0) is 9.53 Å². The predicted octanol–water partition coefficient (Wildman–Crippen LogP) is 3.12. The van der Waals surface area contributed by atoms with Crippen molar-refractivity contribution in [2.75, 3.05) is 0 Å².